The van der Waals surface area contributed by atoms with E-state index in [1.165, 1.54) is 30.3 Å². The Morgan fingerprint density at radius 1 is 0.979 bits per heavy atom. The molecule has 6 rings (SSSR count). The number of thiazole rings is 1. The topological polar surface area (TPSA) is 118 Å². The van der Waals surface area contributed by atoms with Gasteiger partial charge >= 0.3 is 11.0 Å². The van der Waals surface area contributed by atoms with Crippen molar-refractivity contribution in [1.29, 1.82) is 0 Å². The number of nitrogens with one attached hydrogen (secondary N) is 2. The molecule has 1 aromatic heterocycles. The lowest BCUT2D eigenvalue weighted by Gasteiger charge is -2.30. The summed E-state index contributed by atoms with van der Waals surface area (Å²) in [5.74, 6) is -3.75. The van der Waals surface area contributed by atoms with Crippen molar-refractivity contribution in [1.82, 2.24) is 4.98 Å². The van der Waals surface area contributed by atoms with Gasteiger partial charge in [0.05, 0.1) is 38.8 Å². The fourth-order valence-corrected chi connectivity index (χ4v) is 8.36. The van der Waals surface area contributed by atoms with Gasteiger partial charge in [-0.1, -0.05) is 64.5 Å². The molecule has 16 heteroatoms. The molecule has 3 amide bonds. The molecular weight excluding hydrogens is 702 g/mol. The third-order valence-electron chi connectivity index (χ3n) is 7.46. The maximum absolute atomic E-state index is 14.0. The van der Waals surface area contributed by atoms with Gasteiger partial charge in [-0.25, -0.2) is 4.90 Å². The first-order chi connectivity index (χ1) is 22.4. The highest BCUT2D eigenvalue weighted by Gasteiger charge is 2.57. The normalized spacial score (nSPS) is 18.9. The van der Waals surface area contributed by atoms with E-state index in [0.29, 0.717) is 31.1 Å². The Hall–Kier alpha value is -3.98. The molecule has 0 aliphatic carbocycles. The van der Waals surface area contributed by atoms with Crippen LogP contribution in [0.2, 0.25) is 10.0 Å². The monoisotopic (exact) mass is 723 g/mol. The minimum atomic E-state index is -4.82. The molecule has 3 atom stereocenters. The van der Waals surface area contributed by atoms with Crippen molar-refractivity contribution in [2.24, 2.45) is 5.92 Å². The number of amides is 3. The van der Waals surface area contributed by atoms with E-state index in [9.17, 15) is 32.3 Å². The zero-order valence-electron chi connectivity index (χ0n) is 24.0. The Balaban J connectivity index is 1.33. The van der Waals surface area contributed by atoms with Crippen molar-refractivity contribution in [2.75, 3.05) is 23.4 Å². The van der Waals surface area contributed by atoms with Crippen LogP contribution in [0.5, 0.6) is 11.5 Å². The molecule has 0 saturated carbocycles. The highest BCUT2D eigenvalue weighted by molar-refractivity contribution is 8.00. The summed E-state index contributed by atoms with van der Waals surface area (Å²) >= 11 is 13.7. The molecule has 0 spiro atoms. The van der Waals surface area contributed by atoms with Crippen LogP contribution >= 0.6 is 46.3 Å². The summed E-state index contributed by atoms with van der Waals surface area (Å²) in [5, 5.41) is 2.48. The first kappa shape index (κ1) is 32.9. The SMILES string of the molecule is CCOc1cc([C@H]2c3sc(=O)[nH]c3SC3C(=O)N(c4ccccc4C(F)(F)F)C(=O)C32)ccc1OCC(=O)Nc1ccc(Cl)c(Cl)c1. The summed E-state index contributed by atoms with van der Waals surface area (Å²) in [7, 11) is 0. The lowest BCUT2D eigenvalue weighted by Crippen LogP contribution is -2.33. The van der Waals surface area contributed by atoms with Gasteiger partial charge in [0.2, 0.25) is 11.8 Å². The number of benzene rings is 3. The van der Waals surface area contributed by atoms with Gasteiger partial charge in [0.1, 0.15) is 5.25 Å². The largest absolute Gasteiger partial charge is 0.490 e. The van der Waals surface area contributed by atoms with E-state index in [1.807, 2.05) is 0 Å². The van der Waals surface area contributed by atoms with Crippen molar-refractivity contribution in [3.63, 3.8) is 0 Å². The Morgan fingerprint density at radius 3 is 2.47 bits per heavy atom. The molecule has 2 aliphatic heterocycles. The fraction of sp³-hybridized carbons (Fsp3) is 0.226. The van der Waals surface area contributed by atoms with E-state index >= 15 is 0 Å². The second-order valence-electron chi connectivity index (χ2n) is 10.4. The average Bonchev–Trinajstić information content (AvgIpc) is 3.51. The standard InChI is InChI=1S/C31H22Cl2F3N3O6S2/c1-2-44-21-11-14(7-10-20(21)45-13-22(40)37-15-8-9-17(32)18(33)12-15)23-24-26(46-27-25(23)47-30(43)38-27)29(42)39(28(24)41)19-6-4-3-5-16(19)31(34,35)36/h3-12,23-24,26H,2,13H2,1H3,(H,37,40)(H,38,43)/t23-,24?,26?/m1/s1. The average molecular weight is 725 g/mol. The number of aromatic nitrogens is 1. The number of aromatic amines is 1. The second-order valence-corrected chi connectivity index (χ2v) is 13.4. The van der Waals surface area contributed by atoms with E-state index in [1.54, 1.807) is 25.1 Å². The Bertz CT molecular complexity index is 1970. The maximum Gasteiger partial charge on any atom is 0.418 e. The highest BCUT2D eigenvalue weighted by atomic mass is 35.5. The lowest BCUT2D eigenvalue weighted by molar-refractivity contribution is -0.137. The number of imide groups is 1. The molecule has 1 saturated heterocycles. The van der Waals surface area contributed by atoms with Crippen LogP contribution in [0.1, 0.15) is 28.8 Å². The van der Waals surface area contributed by atoms with Crippen LogP contribution in [0, 0.1) is 5.92 Å². The molecule has 9 nitrogen and oxygen atoms in total. The Labute approximate surface area is 283 Å². The minimum Gasteiger partial charge on any atom is -0.490 e. The predicted molar refractivity (Wildman–Crippen MR) is 172 cm³/mol. The van der Waals surface area contributed by atoms with E-state index in [4.69, 9.17) is 32.7 Å². The molecule has 244 valence electrons. The number of halogens is 5. The molecule has 4 aromatic rings. The van der Waals surface area contributed by atoms with Gasteiger partial charge in [-0.2, -0.15) is 13.2 Å². The van der Waals surface area contributed by atoms with Gasteiger partial charge in [-0.3, -0.25) is 19.2 Å². The van der Waals surface area contributed by atoms with E-state index in [-0.39, 0.29) is 23.1 Å². The van der Waals surface area contributed by atoms with Crippen LogP contribution in [-0.2, 0) is 20.6 Å². The van der Waals surface area contributed by atoms with E-state index in [0.717, 1.165) is 35.2 Å². The van der Waals surface area contributed by atoms with Crippen LogP contribution in [0.3, 0.4) is 0 Å². The van der Waals surface area contributed by atoms with E-state index in [2.05, 4.69) is 10.3 Å². The molecule has 3 heterocycles. The van der Waals surface area contributed by atoms with Crippen LogP contribution in [-0.4, -0.2) is 41.2 Å². The number of ether oxygens (including phenoxy) is 2. The first-order valence-corrected chi connectivity index (χ1v) is 16.4. The zero-order chi connectivity index (χ0) is 33.6. The van der Waals surface area contributed by atoms with Gasteiger partial charge in [0.15, 0.2) is 18.1 Å². The Morgan fingerprint density at radius 2 is 1.74 bits per heavy atom. The summed E-state index contributed by atoms with van der Waals surface area (Å²) in [6, 6.07) is 13.7. The summed E-state index contributed by atoms with van der Waals surface area (Å²) in [6.45, 7) is 1.52. The van der Waals surface area contributed by atoms with Crippen LogP contribution in [0.15, 0.2) is 70.5 Å². The van der Waals surface area contributed by atoms with Gasteiger partial charge in [-0.05, 0) is 55.0 Å². The van der Waals surface area contributed by atoms with Crippen molar-refractivity contribution in [3.05, 3.63) is 96.4 Å². The number of thioether (sulfide) groups is 1. The van der Waals surface area contributed by atoms with Gasteiger partial charge in [0, 0.05) is 16.5 Å². The number of hydrogen-bond acceptors (Lipinski definition) is 8. The predicted octanol–water partition coefficient (Wildman–Crippen LogP) is 6.97. The number of carbonyl (C=O) groups excluding carboxylic acids is 3. The molecule has 0 bridgehead atoms. The van der Waals surface area contributed by atoms with Crippen LogP contribution in [0.4, 0.5) is 24.5 Å². The smallest absolute Gasteiger partial charge is 0.418 e. The molecule has 0 radical (unpaired) electrons. The van der Waals surface area contributed by atoms with Gasteiger partial charge < -0.3 is 19.8 Å². The molecule has 3 aromatic carbocycles. The van der Waals surface area contributed by atoms with Crippen molar-refractivity contribution in [3.8, 4) is 11.5 Å². The van der Waals surface area contributed by atoms with Crippen molar-refractivity contribution < 1.29 is 37.0 Å². The molecule has 1 fully saturated rings. The summed E-state index contributed by atoms with van der Waals surface area (Å²) in [6.07, 6.45) is -4.82. The second kappa shape index (κ2) is 12.9. The van der Waals surface area contributed by atoms with Crippen LogP contribution < -0.4 is 24.6 Å². The third kappa shape index (κ3) is 6.34. The van der Waals surface area contributed by atoms with Crippen LogP contribution in [0.25, 0.3) is 0 Å². The molecule has 2 aliphatic rings. The number of alkyl halides is 3. The zero-order valence-corrected chi connectivity index (χ0v) is 27.2. The highest BCUT2D eigenvalue weighted by Crippen LogP contribution is 2.54. The number of nitrogens with zero attached hydrogens (tertiary/aromatic N) is 1. The first-order valence-electron chi connectivity index (χ1n) is 14.0. The molecule has 2 N–H and O–H groups in total. The number of rotatable bonds is 8. The molecular formula is C31H22Cl2F3N3O6S2. The lowest BCUT2D eigenvalue weighted by atomic mass is 9.83. The number of hydrogen-bond donors (Lipinski definition) is 2. The summed E-state index contributed by atoms with van der Waals surface area (Å²) in [5.41, 5.74) is -0.811. The fourth-order valence-electron chi connectivity index (χ4n) is 5.54. The molecule has 47 heavy (non-hydrogen) atoms. The number of H-pyrrole nitrogens is 1. The van der Waals surface area contributed by atoms with Gasteiger partial charge in [0.25, 0.3) is 5.91 Å². The quantitative estimate of drug-likeness (QED) is 0.189. The summed E-state index contributed by atoms with van der Waals surface area (Å²) < 4.78 is 53.3. The van der Waals surface area contributed by atoms with Crippen molar-refractivity contribution in [2.45, 2.75) is 29.3 Å². The Kier molecular flexibility index (Phi) is 9.04. The number of fused-ring (bicyclic) bond motifs is 2. The maximum atomic E-state index is 14.0. The third-order valence-corrected chi connectivity index (χ3v) is 10.6. The number of para-hydroxylation sites is 1. The van der Waals surface area contributed by atoms with E-state index < -0.39 is 63.7 Å². The number of carbonyl (C=O) groups is 3. The van der Waals surface area contributed by atoms with Gasteiger partial charge in [-0.15, -0.1) is 0 Å². The minimum absolute atomic E-state index is 0.193. The summed E-state index contributed by atoms with van der Waals surface area (Å²) in [4.78, 5) is 56.1. The molecule has 2 unspecified atom stereocenters. The van der Waals surface area contributed by atoms with Crippen molar-refractivity contribution >= 4 is 75.4 Å². The number of anilines is 2.